The molecule has 2 amide bonds. The molecule has 2 aromatic carbocycles. The van der Waals surface area contributed by atoms with E-state index in [1.807, 2.05) is 56.3 Å². The summed E-state index contributed by atoms with van der Waals surface area (Å²) in [7, 11) is 1.60. The number of methoxy groups -OCH3 is 1. The maximum absolute atomic E-state index is 12.7. The van der Waals surface area contributed by atoms with Gasteiger partial charge in [0.05, 0.1) is 7.11 Å². The van der Waals surface area contributed by atoms with Crippen molar-refractivity contribution in [2.75, 3.05) is 12.4 Å². The van der Waals surface area contributed by atoms with Crippen molar-refractivity contribution in [2.45, 2.75) is 33.2 Å². The Hall–Kier alpha value is -2.82. The van der Waals surface area contributed by atoms with Gasteiger partial charge >= 0.3 is 0 Å². The number of hydrogen-bond acceptors (Lipinski definition) is 3. The standard InChI is InChI=1S/C21H24N2O3/c1-14-8-9-17(12-15(14)2)23-20(25)21(10-11-21)19(24)22-13-16-6-4-5-7-18(16)26-3/h4-9,12H,10-11,13H2,1-3H3,(H,22,24)(H,23,25). The first-order valence-electron chi connectivity index (χ1n) is 8.75. The maximum Gasteiger partial charge on any atom is 0.240 e. The molecule has 0 heterocycles. The summed E-state index contributed by atoms with van der Waals surface area (Å²) < 4.78 is 5.30. The van der Waals surface area contributed by atoms with Crippen LogP contribution in [0.15, 0.2) is 42.5 Å². The Balaban J connectivity index is 1.64. The molecule has 5 heteroatoms. The molecule has 0 saturated heterocycles. The molecule has 1 fully saturated rings. The number of carbonyl (C=O) groups excluding carboxylic acids is 2. The fraction of sp³-hybridized carbons (Fsp3) is 0.333. The number of ether oxygens (including phenoxy) is 1. The Bertz CT molecular complexity index is 841. The fourth-order valence-electron chi connectivity index (χ4n) is 2.95. The van der Waals surface area contributed by atoms with Gasteiger partial charge in [-0.2, -0.15) is 0 Å². The van der Waals surface area contributed by atoms with Crippen LogP contribution in [0.1, 0.15) is 29.5 Å². The molecule has 2 aromatic rings. The minimum absolute atomic E-state index is 0.232. The number of amides is 2. The van der Waals surface area contributed by atoms with Crippen molar-refractivity contribution >= 4 is 17.5 Å². The number of benzene rings is 2. The average molecular weight is 352 g/mol. The van der Waals surface area contributed by atoms with Gasteiger partial charge < -0.3 is 15.4 Å². The van der Waals surface area contributed by atoms with Crippen LogP contribution >= 0.6 is 0 Å². The number of carbonyl (C=O) groups is 2. The highest BCUT2D eigenvalue weighted by atomic mass is 16.5. The van der Waals surface area contributed by atoms with E-state index in [9.17, 15) is 9.59 Å². The number of nitrogens with one attached hydrogen (secondary N) is 2. The van der Waals surface area contributed by atoms with E-state index in [-0.39, 0.29) is 11.8 Å². The predicted octanol–water partition coefficient (Wildman–Crippen LogP) is 3.35. The van der Waals surface area contributed by atoms with Gasteiger partial charge in [0.15, 0.2) is 0 Å². The van der Waals surface area contributed by atoms with E-state index in [4.69, 9.17) is 4.74 Å². The normalized spacial score (nSPS) is 14.4. The van der Waals surface area contributed by atoms with Crippen molar-refractivity contribution in [3.63, 3.8) is 0 Å². The topological polar surface area (TPSA) is 67.4 Å². The molecule has 1 aliphatic carbocycles. The quantitative estimate of drug-likeness (QED) is 0.784. The van der Waals surface area contributed by atoms with Crippen LogP contribution in [0.25, 0.3) is 0 Å². The summed E-state index contributed by atoms with van der Waals surface area (Å²) in [5.41, 5.74) is 2.92. The Morgan fingerprint density at radius 1 is 1.04 bits per heavy atom. The second kappa shape index (κ2) is 7.20. The SMILES string of the molecule is COc1ccccc1CNC(=O)C1(C(=O)Nc2ccc(C)c(C)c2)CC1. The van der Waals surface area contributed by atoms with Crippen LogP contribution in [0.4, 0.5) is 5.69 Å². The third-order valence-electron chi connectivity index (χ3n) is 5.02. The fourth-order valence-corrected chi connectivity index (χ4v) is 2.95. The van der Waals surface area contributed by atoms with Crippen molar-refractivity contribution in [1.29, 1.82) is 0 Å². The van der Waals surface area contributed by atoms with Crippen molar-refractivity contribution in [3.8, 4) is 5.75 Å². The molecular weight excluding hydrogens is 328 g/mol. The molecule has 0 aliphatic heterocycles. The highest BCUT2D eigenvalue weighted by Gasteiger charge is 2.56. The summed E-state index contributed by atoms with van der Waals surface area (Å²) in [6.45, 7) is 4.36. The number of rotatable bonds is 6. The number of anilines is 1. The lowest BCUT2D eigenvalue weighted by Crippen LogP contribution is -2.39. The van der Waals surface area contributed by atoms with E-state index in [1.54, 1.807) is 7.11 Å². The van der Waals surface area contributed by atoms with Gasteiger partial charge in [0.2, 0.25) is 11.8 Å². The zero-order valence-corrected chi connectivity index (χ0v) is 15.4. The van der Waals surface area contributed by atoms with Gasteiger partial charge in [-0.25, -0.2) is 0 Å². The van der Waals surface area contributed by atoms with Crippen LogP contribution in [0.5, 0.6) is 5.75 Å². The van der Waals surface area contributed by atoms with Gasteiger partial charge in [0.25, 0.3) is 0 Å². The predicted molar refractivity (Wildman–Crippen MR) is 101 cm³/mol. The van der Waals surface area contributed by atoms with Crippen LogP contribution in [0, 0.1) is 19.3 Å². The molecule has 0 spiro atoms. The van der Waals surface area contributed by atoms with Gasteiger partial charge in [-0.15, -0.1) is 0 Å². The van der Waals surface area contributed by atoms with Gasteiger partial charge in [-0.1, -0.05) is 24.3 Å². The first-order chi connectivity index (χ1) is 12.5. The second-order valence-electron chi connectivity index (χ2n) is 6.83. The maximum atomic E-state index is 12.7. The molecule has 3 rings (SSSR count). The summed E-state index contributed by atoms with van der Waals surface area (Å²) in [4.78, 5) is 25.3. The van der Waals surface area contributed by atoms with Crippen molar-refractivity contribution < 1.29 is 14.3 Å². The smallest absolute Gasteiger partial charge is 0.240 e. The van der Waals surface area contributed by atoms with Gasteiger partial charge in [-0.3, -0.25) is 9.59 Å². The van der Waals surface area contributed by atoms with Crippen LogP contribution in [-0.2, 0) is 16.1 Å². The first-order valence-corrected chi connectivity index (χ1v) is 8.75. The molecule has 136 valence electrons. The van der Waals surface area contributed by atoms with E-state index in [0.29, 0.717) is 19.4 Å². The van der Waals surface area contributed by atoms with Crippen LogP contribution < -0.4 is 15.4 Å². The minimum Gasteiger partial charge on any atom is -0.496 e. The highest BCUT2D eigenvalue weighted by Crippen LogP contribution is 2.47. The molecule has 5 nitrogen and oxygen atoms in total. The van der Waals surface area contributed by atoms with Crippen LogP contribution in [0.3, 0.4) is 0 Å². The third-order valence-corrected chi connectivity index (χ3v) is 5.02. The summed E-state index contributed by atoms with van der Waals surface area (Å²) in [6.07, 6.45) is 1.14. The van der Waals surface area contributed by atoms with Crippen LogP contribution in [0.2, 0.25) is 0 Å². The minimum atomic E-state index is -0.958. The molecule has 0 unspecified atom stereocenters. The zero-order chi connectivity index (χ0) is 18.7. The largest absolute Gasteiger partial charge is 0.496 e. The monoisotopic (exact) mass is 352 g/mol. The number of para-hydroxylation sites is 1. The average Bonchev–Trinajstić information content (AvgIpc) is 3.45. The first kappa shape index (κ1) is 18.0. The Labute approximate surface area is 153 Å². The van der Waals surface area contributed by atoms with Crippen LogP contribution in [-0.4, -0.2) is 18.9 Å². The van der Waals surface area contributed by atoms with E-state index in [2.05, 4.69) is 10.6 Å². The van der Waals surface area contributed by atoms with Crippen molar-refractivity contribution in [1.82, 2.24) is 5.32 Å². The Kier molecular flexibility index (Phi) is 4.98. The Morgan fingerprint density at radius 2 is 1.77 bits per heavy atom. The zero-order valence-electron chi connectivity index (χ0n) is 15.4. The van der Waals surface area contributed by atoms with Gasteiger partial charge in [-0.05, 0) is 56.0 Å². The highest BCUT2D eigenvalue weighted by molar-refractivity contribution is 6.13. The van der Waals surface area contributed by atoms with Crippen molar-refractivity contribution in [2.24, 2.45) is 5.41 Å². The molecule has 0 bridgehead atoms. The number of aryl methyl sites for hydroxylation is 2. The molecular formula is C21H24N2O3. The van der Waals surface area contributed by atoms with Gasteiger partial charge in [0, 0.05) is 17.8 Å². The molecule has 1 aliphatic rings. The summed E-state index contributed by atoms with van der Waals surface area (Å²) >= 11 is 0. The lowest BCUT2D eigenvalue weighted by atomic mass is 10.0. The third kappa shape index (κ3) is 3.57. The van der Waals surface area contributed by atoms with E-state index >= 15 is 0 Å². The van der Waals surface area contributed by atoms with Crippen molar-refractivity contribution in [3.05, 3.63) is 59.2 Å². The second-order valence-corrected chi connectivity index (χ2v) is 6.83. The summed E-state index contributed by atoms with van der Waals surface area (Å²) in [5, 5.41) is 5.77. The van der Waals surface area contributed by atoms with E-state index < -0.39 is 5.41 Å². The van der Waals surface area contributed by atoms with E-state index in [0.717, 1.165) is 22.6 Å². The molecule has 1 saturated carbocycles. The molecule has 0 aromatic heterocycles. The van der Waals surface area contributed by atoms with E-state index in [1.165, 1.54) is 5.56 Å². The Morgan fingerprint density at radius 3 is 2.42 bits per heavy atom. The molecule has 0 atom stereocenters. The molecule has 0 radical (unpaired) electrons. The number of hydrogen-bond donors (Lipinski definition) is 2. The summed E-state index contributed by atoms with van der Waals surface area (Å²) in [5.74, 6) is 0.250. The molecule has 26 heavy (non-hydrogen) atoms. The lowest BCUT2D eigenvalue weighted by Gasteiger charge is -2.17. The lowest BCUT2D eigenvalue weighted by molar-refractivity contribution is -0.134. The summed E-state index contributed by atoms with van der Waals surface area (Å²) in [6, 6.07) is 13.3. The molecule has 2 N–H and O–H groups in total. The van der Waals surface area contributed by atoms with Gasteiger partial charge in [0.1, 0.15) is 11.2 Å².